The van der Waals surface area contributed by atoms with Crippen LogP contribution in [0.15, 0.2) is 17.0 Å². The van der Waals surface area contributed by atoms with Gasteiger partial charge in [0.1, 0.15) is 0 Å². The summed E-state index contributed by atoms with van der Waals surface area (Å²) in [5, 5.41) is 10.4. The fraction of sp³-hybridized carbons (Fsp3) is 0.375. The van der Waals surface area contributed by atoms with E-state index in [0.29, 0.717) is 16.0 Å². The first-order valence-electron chi connectivity index (χ1n) is 4.27. The molecule has 0 aliphatic heterocycles. The highest BCUT2D eigenvalue weighted by atomic mass is 32.2. The molecule has 0 radical (unpaired) electrons. The molecule has 0 aliphatic carbocycles. The van der Waals surface area contributed by atoms with Crippen LogP contribution in [-0.4, -0.2) is 27.9 Å². The van der Waals surface area contributed by atoms with E-state index in [1.54, 1.807) is 13.0 Å². The van der Waals surface area contributed by atoms with Crippen LogP contribution in [0.3, 0.4) is 0 Å². The Bertz CT molecular complexity index is 352. The molecule has 15 heavy (non-hydrogen) atoms. The lowest BCUT2D eigenvalue weighted by Gasteiger charge is -2.07. The van der Waals surface area contributed by atoms with Crippen LogP contribution in [0.25, 0.3) is 0 Å². The molecule has 3 N–H and O–H groups in total. The molecule has 1 aromatic heterocycles. The highest BCUT2D eigenvalue weighted by Gasteiger charge is 2.15. The third kappa shape index (κ3) is 3.88. The van der Waals surface area contributed by atoms with Gasteiger partial charge in [-0.05, 0) is 6.92 Å². The molecule has 0 saturated heterocycles. The van der Waals surface area contributed by atoms with Crippen LogP contribution in [0.2, 0.25) is 0 Å². The van der Waals surface area contributed by atoms with Crippen molar-refractivity contribution in [3.05, 3.63) is 12.7 Å². The van der Waals surface area contributed by atoms with Gasteiger partial charge in [0.05, 0.1) is 5.25 Å². The summed E-state index contributed by atoms with van der Waals surface area (Å²) in [6, 6.07) is 0. The molecular formula is C8H12N4OS2. The Balaban J connectivity index is 2.44. The summed E-state index contributed by atoms with van der Waals surface area (Å²) >= 11 is 2.62. The first-order valence-corrected chi connectivity index (χ1v) is 5.97. The van der Waals surface area contributed by atoms with E-state index in [2.05, 4.69) is 22.1 Å². The molecule has 1 heterocycles. The van der Waals surface area contributed by atoms with E-state index in [1.165, 1.54) is 23.1 Å². The monoisotopic (exact) mass is 244 g/mol. The minimum Gasteiger partial charge on any atom is -0.374 e. The summed E-state index contributed by atoms with van der Waals surface area (Å²) in [6.07, 6.45) is 1.64. The van der Waals surface area contributed by atoms with Gasteiger partial charge < -0.3 is 11.1 Å². The van der Waals surface area contributed by atoms with Crippen molar-refractivity contribution in [2.24, 2.45) is 0 Å². The predicted octanol–water partition coefficient (Wildman–Crippen LogP) is 0.903. The summed E-state index contributed by atoms with van der Waals surface area (Å²) in [7, 11) is 0. The van der Waals surface area contributed by atoms with Gasteiger partial charge in [0.25, 0.3) is 0 Å². The molecule has 0 spiro atoms. The average Bonchev–Trinajstić information content (AvgIpc) is 2.60. The largest absolute Gasteiger partial charge is 0.374 e. The van der Waals surface area contributed by atoms with E-state index in [0.717, 1.165) is 0 Å². The molecular weight excluding hydrogens is 232 g/mol. The van der Waals surface area contributed by atoms with Gasteiger partial charge in [0.2, 0.25) is 11.0 Å². The number of carbonyl (C=O) groups excluding carboxylic acids is 1. The molecule has 0 bridgehead atoms. The summed E-state index contributed by atoms with van der Waals surface area (Å²) < 4.78 is 0.703. The van der Waals surface area contributed by atoms with E-state index in [1.807, 2.05) is 0 Å². The van der Waals surface area contributed by atoms with Crippen LogP contribution in [-0.2, 0) is 4.79 Å². The summed E-state index contributed by atoms with van der Waals surface area (Å²) in [6.45, 7) is 5.80. The van der Waals surface area contributed by atoms with E-state index in [-0.39, 0.29) is 11.2 Å². The van der Waals surface area contributed by atoms with Crippen molar-refractivity contribution in [1.29, 1.82) is 0 Å². The van der Waals surface area contributed by atoms with Gasteiger partial charge in [-0.25, -0.2) is 0 Å². The Morgan fingerprint density at radius 2 is 2.53 bits per heavy atom. The van der Waals surface area contributed by atoms with Crippen LogP contribution in [0, 0.1) is 0 Å². The fourth-order valence-electron chi connectivity index (χ4n) is 0.789. The third-order valence-electron chi connectivity index (χ3n) is 1.49. The molecule has 0 fully saturated rings. The number of nitrogens with one attached hydrogen (secondary N) is 1. The molecule has 1 rings (SSSR count). The molecule has 5 nitrogen and oxygen atoms in total. The van der Waals surface area contributed by atoms with Crippen molar-refractivity contribution in [2.45, 2.75) is 16.5 Å². The molecule has 1 unspecified atom stereocenters. The molecule has 1 atom stereocenters. The Morgan fingerprint density at radius 3 is 3.07 bits per heavy atom. The van der Waals surface area contributed by atoms with Gasteiger partial charge in [0.15, 0.2) is 4.34 Å². The zero-order valence-electron chi connectivity index (χ0n) is 8.27. The van der Waals surface area contributed by atoms with Gasteiger partial charge >= 0.3 is 0 Å². The quantitative estimate of drug-likeness (QED) is 0.594. The van der Waals surface area contributed by atoms with Crippen LogP contribution < -0.4 is 11.1 Å². The number of hydrogen-bond donors (Lipinski definition) is 2. The Kier molecular flexibility index (Phi) is 4.57. The fourth-order valence-corrected chi connectivity index (χ4v) is 2.59. The third-order valence-corrected chi connectivity index (χ3v) is 3.43. The lowest BCUT2D eigenvalue weighted by molar-refractivity contribution is -0.120. The lowest BCUT2D eigenvalue weighted by Crippen LogP contribution is -2.30. The van der Waals surface area contributed by atoms with Crippen molar-refractivity contribution in [1.82, 2.24) is 15.5 Å². The topological polar surface area (TPSA) is 80.9 Å². The predicted molar refractivity (Wildman–Crippen MR) is 62.8 cm³/mol. The number of nitrogen functional groups attached to an aromatic ring is 1. The van der Waals surface area contributed by atoms with Crippen molar-refractivity contribution < 1.29 is 4.79 Å². The van der Waals surface area contributed by atoms with Crippen molar-refractivity contribution in [3.63, 3.8) is 0 Å². The number of carbonyl (C=O) groups is 1. The first-order chi connectivity index (χ1) is 7.13. The van der Waals surface area contributed by atoms with Crippen LogP contribution in [0.5, 0.6) is 0 Å². The van der Waals surface area contributed by atoms with E-state index in [9.17, 15) is 4.79 Å². The molecule has 82 valence electrons. The van der Waals surface area contributed by atoms with Crippen LogP contribution >= 0.6 is 23.1 Å². The second-order valence-electron chi connectivity index (χ2n) is 2.70. The van der Waals surface area contributed by atoms with Gasteiger partial charge in [-0.2, -0.15) is 0 Å². The van der Waals surface area contributed by atoms with Crippen molar-refractivity contribution in [2.75, 3.05) is 12.3 Å². The number of hydrogen-bond acceptors (Lipinski definition) is 6. The Labute approximate surface area is 96.2 Å². The van der Waals surface area contributed by atoms with Gasteiger partial charge in [-0.15, -0.1) is 16.8 Å². The average molecular weight is 244 g/mol. The van der Waals surface area contributed by atoms with Gasteiger partial charge in [-0.1, -0.05) is 29.2 Å². The van der Waals surface area contributed by atoms with E-state index in [4.69, 9.17) is 5.73 Å². The second-order valence-corrected chi connectivity index (χ2v) is 5.30. The number of amides is 1. The highest BCUT2D eigenvalue weighted by Crippen LogP contribution is 2.27. The number of aromatic nitrogens is 2. The van der Waals surface area contributed by atoms with Crippen molar-refractivity contribution in [3.8, 4) is 0 Å². The Morgan fingerprint density at radius 1 is 1.80 bits per heavy atom. The van der Waals surface area contributed by atoms with E-state index >= 15 is 0 Å². The second kappa shape index (κ2) is 5.72. The number of rotatable bonds is 5. The lowest BCUT2D eigenvalue weighted by atomic mass is 10.4. The molecule has 0 aromatic carbocycles. The molecule has 7 heteroatoms. The standard InChI is InChI=1S/C8H12N4OS2/c1-3-4-10-6(13)5(2)14-8-12-11-7(9)15-8/h3,5H,1,4H2,2H3,(H2,9,11)(H,10,13). The van der Waals surface area contributed by atoms with Gasteiger partial charge in [-0.3, -0.25) is 4.79 Å². The SMILES string of the molecule is C=CCNC(=O)C(C)Sc1nnc(N)s1. The summed E-state index contributed by atoms with van der Waals surface area (Å²) in [5.41, 5.74) is 5.43. The maximum atomic E-state index is 11.5. The zero-order valence-corrected chi connectivity index (χ0v) is 9.90. The minimum atomic E-state index is -0.211. The Hall–Kier alpha value is -1.08. The number of anilines is 1. The number of nitrogens with zero attached hydrogens (tertiary/aromatic N) is 2. The number of nitrogens with two attached hydrogens (primary N) is 1. The maximum Gasteiger partial charge on any atom is 0.233 e. The van der Waals surface area contributed by atoms with Crippen LogP contribution in [0.4, 0.5) is 5.13 Å². The highest BCUT2D eigenvalue weighted by molar-refractivity contribution is 8.02. The normalized spacial score (nSPS) is 12.1. The van der Waals surface area contributed by atoms with Crippen molar-refractivity contribution >= 4 is 34.1 Å². The molecule has 0 saturated carbocycles. The van der Waals surface area contributed by atoms with Crippen LogP contribution in [0.1, 0.15) is 6.92 Å². The number of thioether (sulfide) groups is 1. The molecule has 1 amide bonds. The smallest absolute Gasteiger partial charge is 0.233 e. The summed E-state index contributed by atoms with van der Waals surface area (Å²) in [4.78, 5) is 11.5. The minimum absolute atomic E-state index is 0.0475. The zero-order chi connectivity index (χ0) is 11.3. The van der Waals surface area contributed by atoms with Gasteiger partial charge in [0, 0.05) is 6.54 Å². The summed E-state index contributed by atoms with van der Waals surface area (Å²) in [5.74, 6) is -0.0475. The molecule has 1 aromatic rings. The van der Waals surface area contributed by atoms with E-state index < -0.39 is 0 Å². The first kappa shape index (κ1) is 12.0. The molecule has 0 aliphatic rings. The maximum absolute atomic E-state index is 11.5.